The first-order valence-electron chi connectivity index (χ1n) is 5.97. The summed E-state index contributed by atoms with van der Waals surface area (Å²) in [5, 5.41) is 3.62. The van der Waals surface area contributed by atoms with Crippen LogP contribution in [0.3, 0.4) is 0 Å². The Labute approximate surface area is 131 Å². The zero-order valence-corrected chi connectivity index (χ0v) is 13.2. The van der Waals surface area contributed by atoms with Crippen LogP contribution in [-0.2, 0) is 0 Å². The predicted molar refractivity (Wildman–Crippen MR) is 85.0 cm³/mol. The van der Waals surface area contributed by atoms with Crippen LogP contribution in [-0.4, -0.2) is 19.4 Å². The maximum absolute atomic E-state index is 12.1. The molecule has 0 heterocycles. The smallest absolute Gasteiger partial charge is 0.181 e. The largest absolute Gasteiger partial charge is 0.496 e. The van der Waals surface area contributed by atoms with Gasteiger partial charge in [-0.15, -0.1) is 0 Å². The number of para-hydroxylation sites is 1. The maximum atomic E-state index is 12.1. The molecule has 20 heavy (non-hydrogen) atoms. The number of hydrogen-bond donors (Lipinski definition) is 1. The lowest BCUT2D eigenvalue weighted by atomic mass is 10.1. The second kappa shape index (κ2) is 6.77. The minimum atomic E-state index is -0.0201. The first-order chi connectivity index (χ1) is 9.61. The second-order valence-electron chi connectivity index (χ2n) is 4.11. The van der Waals surface area contributed by atoms with Crippen molar-refractivity contribution in [3.8, 4) is 5.75 Å². The van der Waals surface area contributed by atoms with Crippen molar-refractivity contribution in [2.75, 3.05) is 19.0 Å². The summed E-state index contributed by atoms with van der Waals surface area (Å²) in [6.07, 6.45) is 0. The third-order valence-electron chi connectivity index (χ3n) is 2.79. The molecule has 0 aromatic heterocycles. The Morgan fingerprint density at radius 1 is 1.30 bits per heavy atom. The van der Waals surface area contributed by atoms with Gasteiger partial charge in [0.25, 0.3) is 0 Å². The van der Waals surface area contributed by atoms with Crippen molar-refractivity contribution in [3.05, 3.63) is 57.5 Å². The standard InChI is InChI=1S/C15H13BrClNO2/c1-20-15-7-6-10(8-11(15)16)14(19)9-18-13-5-3-2-4-12(13)17/h2-8,18H,9H2,1H3. The van der Waals surface area contributed by atoms with Gasteiger partial charge in [-0.25, -0.2) is 0 Å². The van der Waals surface area contributed by atoms with E-state index in [0.717, 1.165) is 10.2 Å². The summed E-state index contributed by atoms with van der Waals surface area (Å²) in [7, 11) is 1.58. The van der Waals surface area contributed by atoms with E-state index in [2.05, 4.69) is 21.2 Å². The molecule has 0 amide bonds. The first kappa shape index (κ1) is 14.9. The van der Waals surface area contributed by atoms with Crippen molar-refractivity contribution in [2.24, 2.45) is 0 Å². The summed E-state index contributed by atoms with van der Waals surface area (Å²) in [4.78, 5) is 12.1. The number of benzene rings is 2. The van der Waals surface area contributed by atoms with Crippen molar-refractivity contribution in [3.63, 3.8) is 0 Å². The fourth-order valence-corrected chi connectivity index (χ4v) is 2.47. The van der Waals surface area contributed by atoms with Crippen LogP contribution in [0.15, 0.2) is 46.9 Å². The molecule has 0 unspecified atom stereocenters. The van der Waals surface area contributed by atoms with Crippen molar-refractivity contribution < 1.29 is 9.53 Å². The Morgan fingerprint density at radius 3 is 2.70 bits per heavy atom. The van der Waals surface area contributed by atoms with Gasteiger partial charge in [-0.1, -0.05) is 23.7 Å². The van der Waals surface area contributed by atoms with Crippen molar-refractivity contribution in [2.45, 2.75) is 0 Å². The number of Topliss-reactive ketones (excluding diaryl/α,β-unsaturated/α-hetero) is 1. The van der Waals surface area contributed by atoms with Gasteiger partial charge in [-0.05, 0) is 46.3 Å². The molecule has 0 aliphatic rings. The highest BCUT2D eigenvalue weighted by molar-refractivity contribution is 9.10. The number of nitrogens with one attached hydrogen (secondary N) is 1. The topological polar surface area (TPSA) is 38.3 Å². The summed E-state index contributed by atoms with van der Waals surface area (Å²) in [5.74, 6) is 0.675. The van der Waals surface area contributed by atoms with E-state index in [0.29, 0.717) is 16.3 Å². The fourth-order valence-electron chi connectivity index (χ4n) is 1.72. The van der Waals surface area contributed by atoms with E-state index >= 15 is 0 Å². The monoisotopic (exact) mass is 353 g/mol. The van der Waals surface area contributed by atoms with Gasteiger partial charge in [-0.3, -0.25) is 4.79 Å². The molecule has 0 saturated carbocycles. The number of anilines is 1. The van der Waals surface area contributed by atoms with Gasteiger partial charge in [0.1, 0.15) is 5.75 Å². The lowest BCUT2D eigenvalue weighted by Crippen LogP contribution is -2.14. The van der Waals surface area contributed by atoms with Gasteiger partial charge in [0.2, 0.25) is 0 Å². The van der Waals surface area contributed by atoms with Gasteiger partial charge in [-0.2, -0.15) is 0 Å². The van der Waals surface area contributed by atoms with Gasteiger partial charge >= 0.3 is 0 Å². The van der Waals surface area contributed by atoms with E-state index in [-0.39, 0.29) is 12.3 Å². The van der Waals surface area contributed by atoms with Gasteiger partial charge in [0, 0.05) is 5.56 Å². The van der Waals surface area contributed by atoms with Crippen molar-refractivity contribution in [1.29, 1.82) is 0 Å². The zero-order chi connectivity index (χ0) is 14.5. The molecule has 0 fully saturated rings. The summed E-state index contributed by atoms with van der Waals surface area (Å²) in [5.41, 5.74) is 1.35. The molecule has 0 bridgehead atoms. The Balaban J connectivity index is 2.05. The highest BCUT2D eigenvalue weighted by Crippen LogP contribution is 2.26. The van der Waals surface area contributed by atoms with Gasteiger partial charge < -0.3 is 10.1 Å². The molecule has 0 aliphatic heterocycles. The molecule has 0 atom stereocenters. The quantitative estimate of drug-likeness (QED) is 0.809. The molecule has 0 radical (unpaired) electrons. The highest BCUT2D eigenvalue weighted by atomic mass is 79.9. The van der Waals surface area contributed by atoms with Crippen LogP contribution in [0.2, 0.25) is 5.02 Å². The molecular weight excluding hydrogens is 342 g/mol. The van der Waals surface area contributed by atoms with Gasteiger partial charge in [0.15, 0.2) is 5.78 Å². The van der Waals surface area contributed by atoms with Crippen LogP contribution in [0.4, 0.5) is 5.69 Å². The van der Waals surface area contributed by atoms with E-state index < -0.39 is 0 Å². The van der Waals surface area contributed by atoms with Crippen molar-refractivity contribution >= 4 is 39.0 Å². The van der Waals surface area contributed by atoms with Crippen LogP contribution in [0.5, 0.6) is 5.75 Å². The Bertz CT molecular complexity index is 631. The molecule has 104 valence electrons. The van der Waals surface area contributed by atoms with Crippen molar-refractivity contribution in [1.82, 2.24) is 0 Å². The summed E-state index contributed by atoms with van der Waals surface area (Å²) in [6.45, 7) is 0.183. The van der Waals surface area contributed by atoms with Gasteiger partial charge in [0.05, 0.1) is 28.8 Å². The maximum Gasteiger partial charge on any atom is 0.181 e. The normalized spacial score (nSPS) is 10.2. The molecule has 2 aromatic carbocycles. The summed E-state index contributed by atoms with van der Waals surface area (Å²) < 4.78 is 5.89. The van der Waals surface area contributed by atoms with E-state index in [1.807, 2.05) is 18.2 Å². The number of carbonyl (C=O) groups excluding carboxylic acids is 1. The number of hydrogen-bond acceptors (Lipinski definition) is 3. The van der Waals surface area contributed by atoms with Crippen LogP contribution in [0.1, 0.15) is 10.4 Å². The van der Waals surface area contributed by atoms with E-state index in [1.165, 1.54) is 0 Å². The van der Waals surface area contributed by atoms with Crippen LogP contribution in [0, 0.1) is 0 Å². The average Bonchev–Trinajstić information content (AvgIpc) is 2.46. The number of methoxy groups -OCH3 is 1. The lowest BCUT2D eigenvalue weighted by molar-refractivity contribution is 0.101. The van der Waals surface area contributed by atoms with Crippen LogP contribution < -0.4 is 10.1 Å². The average molecular weight is 355 g/mol. The van der Waals surface area contributed by atoms with E-state index in [4.69, 9.17) is 16.3 Å². The molecule has 0 saturated heterocycles. The zero-order valence-electron chi connectivity index (χ0n) is 10.8. The highest BCUT2D eigenvalue weighted by Gasteiger charge is 2.09. The third kappa shape index (κ3) is 3.52. The third-order valence-corrected chi connectivity index (χ3v) is 3.74. The number of ketones is 1. The predicted octanol–water partition coefficient (Wildman–Crippen LogP) is 4.41. The second-order valence-corrected chi connectivity index (χ2v) is 5.37. The van der Waals surface area contributed by atoms with Crippen LogP contribution in [0.25, 0.3) is 0 Å². The molecule has 5 heteroatoms. The molecule has 1 N–H and O–H groups in total. The first-order valence-corrected chi connectivity index (χ1v) is 7.14. The molecule has 3 nitrogen and oxygen atoms in total. The summed E-state index contributed by atoms with van der Waals surface area (Å²) in [6, 6.07) is 12.6. The molecule has 2 aromatic rings. The number of halogens is 2. The molecule has 2 rings (SSSR count). The fraction of sp³-hybridized carbons (Fsp3) is 0.133. The van der Waals surface area contributed by atoms with E-state index in [9.17, 15) is 4.79 Å². The number of ether oxygens (including phenoxy) is 1. The molecule has 0 aliphatic carbocycles. The Hall–Kier alpha value is -1.52. The minimum absolute atomic E-state index is 0.0201. The SMILES string of the molecule is COc1ccc(C(=O)CNc2ccccc2Cl)cc1Br. The molecular formula is C15H13BrClNO2. The number of rotatable bonds is 5. The van der Waals surface area contributed by atoms with E-state index in [1.54, 1.807) is 31.4 Å². The van der Waals surface area contributed by atoms with Crippen LogP contribution >= 0.6 is 27.5 Å². The minimum Gasteiger partial charge on any atom is -0.496 e. The lowest BCUT2D eigenvalue weighted by Gasteiger charge is -2.09. The Morgan fingerprint density at radius 2 is 2.05 bits per heavy atom. The summed E-state index contributed by atoms with van der Waals surface area (Å²) >= 11 is 9.39. The molecule has 0 spiro atoms. The Kier molecular flexibility index (Phi) is 5.04. The number of carbonyl (C=O) groups is 1.